The number of benzene rings is 1. The van der Waals surface area contributed by atoms with Gasteiger partial charge in [-0.05, 0) is 24.6 Å². The van der Waals surface area contributed by atoms with Crippen LogP contribution in [-0.4, -0.2) is 14.8 Å². The minimum Gasteiger partial charge on any atom is -0.346 e. The Hall–Kier alpha value is -2.29. The van der Waals surface area contributed by atoms with Crippen LogP contribution in [0.25, 0.3) is 16.9 Å². The topological polar surface area (TPSA) is 33.6 Å². The van der Waals surface area contributed by atoms with E-state index in [1.165, 1.54) is 5.56 Å². The Morgan fingerprint density at radius 2 is 1.88 bits per heavy atom. The molecule has 2 heterocycles. The van der Waals surface area contributed by atoms with Gasteiger partial charge in [0.05, 0.1) is 0 Å². The number of nitrogens with zero attached hydrogens (tertiary/aromatic N) is 2. The van der Waals surface area contributed by atoms with Crippen LogP contribution in [0, 0.1) is 6.92 Å². The summed E-state index contributed by atoms with van der Waals surface area (Å²) in [6.45, 7) is 2.04. The molecule has 0 aliphatic rings. The molecule has 3 aromatic rings. The second-order valence-electron chi connectivity index (χ2n) is 3.99. The Morgan fingerprint density at radius 1 is 1.06 bits per heavy atom. The molecule has 3 heteroatoms. The highest BCUT2D eigenvalue weighted by Crippen LogP contribution is 2.25. The van der Waals surface area contributed by atoms with Gasteiger partial charge in [0.2, 0.25) is 0 Å². The molecule has 3 rings (SSSR count). The Kier molecular flexibility index (Phi) is 2.29. The van der Waals surface area contributed by atoms with E-state index in [-0.39, 0.29) is 0 Å². The van der Waals surface area contributed by atoms with Gasteiger partial charge in [0.25, 0.3) is 0 Å². The van der Waals surface area contributed by atoms with Gasteiger partial charge in [-0.3, -0.25) is 0 Å². The van der Waals surface area contributed by atoms with Gasteiger partial charge in [-0.2, -0.15) is 5.10 Å². The lowest BCUT2D eigenvalue weighted by atomic mass is 10.1. The fourth-order valence-corrected chi connectivity index (χ4v) is 1.99. The van der Waals surface area contributed by atoms with Crippen molar-refractivity contribution in [3.8, 4) is 16.9 Å². The SMILES string of the molecule is Cc1ccnn1-c1[nH]ccc1-c1ccccc1. The minimum atomic E-state index is 1.01. The predicted octanol–water partition coefficient (Wildman–Crippen LogP) is 3.18. The Balaban J connectivity index is 2.16. The summed E-state index contributed by atoms with van der Waals surface area (Å²) in [6.07, 6.45) is 3.75. The van der Waals surface area contributed by atoms with Crippen molar-refractivity contribution in [2.75, 3.05) is 0 Å². The molecule has 1 N–H and O–H groups in total. The summed E-state index contributed by atoms with van der Waals surface area (Å²) in [4.78, 5) is 3.25. The van der Waals surface area contributed by atoms with Crippen molar-refractivity contribution in [3.05, 3.63) is 60.6 Å². The number of nitrogens with one attached hydrogen (secondary N) is 1. The molecule has 84 valence electrons. The molecule has 1 aromatic carbocycles. The first-order valence-electron chi connectivity index (χ1n) is 5.60. The summed E-state index contributed by atoms with van der Waals surface area (Å²) in [5, 5.41) is 4.33. The van der Waals surface area contributed by atoms with Gasteiger partial charge in [0.15, 0.2) is 0 Å². The van der Waals surface area contributed by atoms with E-state index < -0.39 is 0 Å². The first kappa shape index (κ1) is 9.90. The maximum atomic E-state index is 4.33. The number of H-pyrrole nitrogens is 1. The summed E-state index contributed by atoms with van der Waals surface area (Å²) >= 11 is 0. The van der Waals surface area contributed by atoms with Gasteiger partial charge in [-0.25, -0.2) is 4.68 Å². The zero-order valence-corrected chi connectivity index (χ0v) is 9.59. The van der Waals surface area contributed by atoms with E-state index in [9.17, 15) is 0 Å². The van der Waals surface area contributed by atoms with E-state index in [2.05, 4.69) is 28.3 Å². The lowest BCUT2D eigenvalue weighted by molar-refractivity contribution is 0.826. The van der Waals surface area contributed by atoms with E-state index in [4.69, 9.17) is 0 Å². The van der Waals surface area contributed by atoms with Crippen molar-refractivity contribution >= 4 is 0 Å². The lowest BCUT2D eigenvalue weighted by Crippen LogP contribution is -2.00. The molecule has 0 saturated carbocycles. The number of aromatic amines is 1. The third-order valence-electron chi connectivity index (χ3n) is 2.85. The van der Waals surface area contributed by atoms with Crippen molar-refractivity contribution < 1.29 is 0 Å². The summed E-state index contributed by atoms with van der Waals surface area (Å²) in [5.41, 5.74) is 3.47. The van der Waals surface area contributed by atoms with Gasteiger partial charge >= 0.3 is 0 Å². The van der Waals surface area contributed by atoms with Gasteiger partial charge in [-0.15, -0.1) is 0 Å². The lowest BCUT2D eigenvalue weighted by Gasteiger charge is -2.06. The molecule has 2 aromatic heterocycles. The zero-order valence-electron chi connectivity index (χ0n) is 9.59. The monoisotopic (exact) mass is 223 g/mol. The second-order valence-corrected chi connectivity index (χ2v) is 3.99. The molecule has 0 unspecified atom stereocenters. The third kappa shape index (κ3) is 1.65. The molecule has 3 nitrogen and oxygen atoms in total. The van der Waals surface area contributed by atoms with Crippen LogP contribution in [0.3, 0.4) is 0 Å². The number of aryl methyl sites for hydroxylation is 1. The van der Waals surface area contributed by atoms with Crippen LogP contribution < -0.4 is 0 Å². The van der Waals surface area contributed by atoms with Crippen LogP contribution in [-0.2, 0) is 0 Å². The molecule has 0 fully saturated rings. The molecular formula is C14H13N3. The van der Waals surface area contributed by atoms with Crippen LogP contribution in [0.1, 0.15) is 5.69 Å². The highest BCUT2D eigenvalue weighted by Gasteiger charge is 2.09. The van der Waals surface area contributed by atoms with E-state index in [1.54, 1.807) is 0 Å². The van der Waals surface area contributed by atoms with Crippen LogP contribution in [0.2, 0.25) is 0 Å². The standard InChI is InChI=1S/C14H13N3/c1-11-7-10-16-17(11)14-13(8-9-15-14)12-5-3-2-4-6-12/h2-10,15H,1H3. The normalized spacial score (nSPS) is 10.6. The number of hydrogen-bond donors (Lipinski definition) is 1. The first-order chi connectivity index (χ1) is 8.36. The van der Waals surface area contributed by atoms with Crippen molar-refractivity contribution in [2.24, 2.45) is 0 Å². The van der Waals surface area contributed by atoms with Crippen molar-refractivity contribution in [1.29, 1.82) is 0 Å². The molecular weight excluding hydrogens is 210 g/mol. The first-order valence-corrected chi connectivity index (χ1v) is 5.60. The molecule has 0 aliphatic carbocycles. The average Bonchev–Trinajstić information content (AvgIpc) is 2.98. The van der Waals surface area contributed by atoms with Crippen molar-refractivity contribution in [2.45, 2.75) is 6.92 Å². The minimum absolute atomic E-state index is 1.01. The third-order valence-corrected chi connectivity index (χ3v) is 2.85. The van der Waals surface area contributed by atoms with Crippen molar-refractivity contribution in [3.63, 3.8) is 0 Å². The largest absolute Gasteiger partial charge is 0.346 e. The fourth-order valence-electron chi connectivity index (χ4n) is 1.99. The van der Waals surface area contributed by atoms with E-state index in [0.29, 0.717) is 0 Å². The van der Waals surface area contributed by atoms with E-state index >= 15 is 0 Å². The van der Waals surface area contributed by atoms with E-state index in [1.807, 2.05) is 48.3 Å². The molecule has 0 aliphatic heterocycles. The number of aromatic nitrogens is 3. The Labute approximate surface area is 99.7 Å². The maximum Gasteiger partial charge on any atom is 0.139 e. The number of rotatable bonds is 2. The van der Waals surface area contributed by atoms with Gasteiger partial charge in [0, 0.05) is 23.7 Å². The van der Waals surface area contributed by atoms with E-state index in [0.717, 1.165) is 17.1 Å². The van der Waals surface area contributed by atoms with Crippen LogP contribution in [0.15, 0.2) is 54.9 Å². The average molecular weight is 223 g/mol. The molecule has 0 amide bonds. The highest BCUT2D eigenvalue weighted by molar-refractivity contribution is 5.71. The Bertz CT molecular complexity index is 620. The predicted molar refractivity (Wildman–Crippen MR) is 68.1 cm³/mol. The summed E-state index contributed by atoms with van der Waals surface area (Å²) in [6, 6.07) is 14.4. The van der Waals surface area contributed by atoms with Crippen LogP contribution in [0.5, 0.6) is 0 Å². The fraction of sp³-hybridized carbons (Fsp3) is 0.0714. The smallest absolute Gasteiger partial charge is 0.139 e. The summed E-state index contributed by atoms with van der Waals surface area (Å²) < 4.78 is 1.92. The van der Waals surface area contributed by atoms with Crippen LogP contribution in [0.4, 0.5) is 0 Å². The quantitative estimate of drug-likeness (QED) is 0.711. The molecule has 0 bridgehead atoms. The Morgan fingerprint density at radius 3 is 2.59 bits per heavy atom. The second kappa shape index (κ2) is 3.94. The molecule has 0 radical (unpaired) electrons. The molecule has 0 atom stereocenters. The number of hydrogen-bond acceptors (Lipinski definition) is 1. The van der Waals surface area contributed by atoms with Crippen LogP contribution >= 0.6 is 0 Å². The highest BCUT2D eigenvalue weighted by atomic mass is 15.3. The van der Waals surface area contributed by atoms with Crippen molar-refractivity contribution in [1.82, 2.24) is 14.8 Å². The maximum absolute atomic E-state index is 4.33. The zero-order chi connectivity index (χ0) is 11.7. The van der Waals surface area contributed by atoms with Gasteiger partial charge in [-0.1, -0.05) is 30.3 Å². The van der Waals surface area contributed by atoms with Gasteiger partial charge in [0.1, 0.15) is 5.82 Å². The summed E-state index contributed by atoms with van der Waals surface area (Å²) in [5.74, 6) is 1.01. The van der Waals surface area contributed by atoms with Gasteiger partial charge < -0.3 is 4.98 Å². The summed E-state index contributed by atoms with van der Waals surface area (Å²) in [7, 11) is 0. The molecule has 0 spiro atoms. The molecule has 0 saturated heterocycles. The molecule has 17 heavy (non-hydrogen) atoms.